The highest BCUT2D eigenvalue weighted by Gasteiger charge is 2.35. The number of halogens is 1. The minimum Gasteiger partial charge on any atom is -0.307 e. The Morgan fingerprint density at radius 3 is 2.14 bits per heavy atom. The van der Waals surface area contributed by atoms with Crippen LogP contribution in [0.4, 0.5) is 10.1 Å². The SMILES string of the molecule is CC.CC(C)=Nc1ccc(-c2cc(F)c3nn(C)cc3c2)cc1C.CC1CC(C)(C)NC(C)(C)C1. The maximum Gasteiger partial charge on any atom is 0.151 e. The fourth-order valence-electron chi connectivity index (χ4n) is 5.41. The monoisotopic (exact) mass is 480 g/mol. The third-order valence-corrected chi connectivity index (χ3v) is 5.95. The Kier molecular flexibility index (Phi) is 9.41. The maximum atomic E-state index is 14.2. The number of hydrogen-bond acceptors (Lipinski definition) is 3. The van der Waals surface area contributed by atoms with E-state index in [4.69, 9.17) is 0 Å². The molecule has 2 heterocycles. The molecule has 0 unspecified atom stereocenters. The number of piperidine rings is 1. The van der Waals surface area contributed by atoms with Crippen molar-refractivity contribution in [2.24, 2.45) is 18.0 Å². The third-order valence-electron chi connectivity index (χ3n) is 5.95. The number of nitrogens with zero attached hydrogens (tertiary/aromatic N) is 3. The standard InChI is InChI=1S/C18H18FN3.C10H21N.C2H6/c1-11(2)20-17-6-5-13(7-12(17)3)14-8-15-10-22(4)21-18(15)16(19)9-14;1-8-6-9(2,3)11-10(4,5)7-8;1-2/h5-10H,1-4H3;8,11H,6-7H2,1-5H3;1-2H3. The van der Waals surface area contributed by atoms with E-state index in [1.807, 2.05) is 65.1 Å². The van der Waals surface area contributed by atoms with Gasteiger partial charge in [0.2, 0.25) is 0 Å². The van der Waals surface area contributed by atoms with Crippen molar-refractivity contribution >= 4 is 22.3 Å². The summed E-state index contributed by atoms with van der Waals surface area (Å²) in [6.45, 7) is 21.5. The van der Waals surface area contributed by atoms with Crippen LogP contribution in [0, 0.1) is 18.7 Å². The summed E-state index contributed by atoms with van der Waals surface area (Å²) in [6.07, 6.45) is 4.43. The van der Waals surface area contributed by atoms with Gasteiger partial charge in [-0.2, -0.15) is 5.10 Å². The van der Waals surface area contributed by atoms with Crippen molar-refractivity contribution < 1.29 is 4.39 Å². The Labute approximate surface area is 212 Å². The fraction of sp³-hybridized carbons (Fsp3) is 0.533. The Morgan fingerprint density at radius 2 is 1.63 bits per heavy atom. The van der Waals surface area contributed by atoms with Gasteiger partial charge in [-0.15, -0.1) is 0 Å². The summed E-state index contributed by atoms with van der Waals surface area (Å²) in [6, 6.07) is 9.50. The first-order valence-electron chi connectivity index (χ1n) is 12.8. The first kappa shape index (κ1) is 28.7. The Bertz CT molecular complexity index is 1150. The molecule has 1 aromatic heterocycles. The average Bonchev–Trinajstić information content (AvgIpc) is 3.09. The van der Waals surface area contributed by atoms with Crippen LogP contribution >= 0.6 is 0 Å². The summed E-state index contributed by atoms with van der Waals surface area (Å²) in [5.74, 6) is 0.568. The van der Waals surface area contributed by atoms with E-state index in [0.29, 0.717) is 16.6 Å². The van der Waals surface area contributed by atoms with Gasteiger partial charge in [0.1, 0.15) is 5.52 Å². The van der Waals surface area contributed by atoms with Crippen LogP contribution in [0.5, 0.6) is 0 Å². The molecule has 3 aromatic rings. The zero-order valence-corrected chi connectivity index (χ0v) is 23.7. The Hall–Kier alpha value is -2.53. The molecular weight excluding hydrogens is 435 g/mol. The maximum absolute atomic E-state index is 14.2. The molecule has 5 heteroatoms. The van der Waals surface area contributed by atoms with Crippen LogP contribution in [0.1, 0.15) is 80.7 Å². The second-order valence-electron chi connectivity index (χ2n) is 11.2. The molecule has 0 amide bonds. The van der Waals surface area contributed by atoms with Gasteiger partial charge in [-0.25, -0.2) is 4.39 Å². The highest BCUT2D eigenvalue weighted by atomic mass is 19.1. The Morgan fingerprint density at radius 1 is 1.03 bits per heavy atom. The second-order valence-corrected chi connectivity index (χ2v) is 11.2. The lowest BCUT2D eigenvalue weighted by Crippen LogP contribution is -2.57. The number of fused-ring (bicyclic) bond motifs is 1. The lowest BCUT2D eigenvalue weighted by Gasteiger charge is -2.45. The summed E-state index contributed by atoms with van der Waals surface area (Å²) in [7, 11) is 1.79. The summed E-state index contributed by atoms with van der Waals surface area (Å²) in [5.41, 5.74) is 5.95. The van der Waals surface area contributed by atoms with Crippen LogP contribution in [0.3, 0.4) is 0 Å². The number of rotatable bonds is 2. The fourth-order valence-corrected chi connectivity index (χ4v) is 5.41. The molecule has 2 aromatic carbocycles. The first-order chi connectivity index (χ1) is 16.2. The summed E-state index contributed by atoms with van der Waals surface area (Å²) in [4.78, 5) is 4.49. The van der Waals surface area contributed by atoms with Crippen molar-refractivity contribution in [2.75, 3.05) is 0 Å². The van der Waals surface area contributed by atoms with Crippen LogP contribution in [0.25, 0.3) is 22.0 Å². The molecule has 0 aliphatic carbocycles. The number of aliphatic imine (C=N–C) groups is 1. The minimum absolute atomic E-state index is 0.294. The van der Waals surface area contributed by atoms with E-state index in [0.717, 1.165) is 39.4 Å². The molecular formula is C30H45FN4. The van der Waals surface area contributed by atoms with E-state index < -0.39 is 0 Å². The largest absolute Gasteiger partial charge is 0.307 e. The summed E-state index contributed by atoms with van der Waals surface area (Å²) in [5, 5.41) is 8.61. The molecule has 0 bridgehead atoms. The number of nitrogens with one attached hydrogen (secondary N) is 1. The van der Waals surface area contributed by atoms with Gasteiger partial charge in [0.05, 0.1) is 5.69 Å². The smallest absolute Gasteiger partial charge is 0.151 e. The molecule has 4 nitrogen and oxygen atoms in total. The molecule has 1 aliphatic heterocycles. The van der Waals surface area contributed by atoms with Gasteiger partial charge in [-0.3, -0.25) is 9.67 Å². The predicted molar refractivity (Wildman–Crippen MR) is 150 cm³/mol. The molecule has 1 fully saturated rings. The van der Waals surface area contributed by atoms with E-state index in [1.54, 1.807) is 11.7 Å². The molecule has 192 valence electrons. The van der Waals surface area contributed by atoms with Gasteiger partial charge >= 0.3 is 0 Å². The Balaban J connectivity index is 0.000000280. The van der Waals surface area contributed by atoms with Crippen molar-refractivity contribution in [1.29, 1.82) is 0 Å². The number of benzene rings is 2. The van der Waals surface area contributed by atoms with E-state index in [1.165, 1.54) is 18.9 Å². The van der Waals surface area contributed by atoms with Gasteiger partial charge in [-0.05, 0) is 108 Å². The number of aryl methyl sites for hydroxylation is 2. The summed E-state index contributed by atoms with van der Waals surface area (Å²) < 4.78 is 15.8. The van der Waals surface area contributed by atoms with E-state index in [-0.39, 0.29) is 5.82 Å². The van der Waals surface area contributed by atoms with Crippen molar-refractivity contribution in [1.82, 2.24) is 15.1 Å². The lowest BCUT2D eigenvalue weighted by atomic mass is 9.77. The van der Waals surface area contributed by atoms with E-state index in [2.05, 4.69) is 50.0 Å². The van der Waals surface area contributed by atoms with E-state index >= 15 is 0 Å². The van der Waals surface area contributed by atoms with Crippen molar-refractivity contribution in [3.8, 4) is 11.1 Å². The lowest BCUT2D eigenvalue weighted by molar-refractivity contribution is 0.138. The number of hydrogen-bond donors (Lipinski definition) is 1. The van der Waals surface area contributed by atoms with Crippen LogP contribution in [0.15, 0.2) is 41.5 Å². The van der Waals surface area contributed by atoms with E-state index in [9.17, 15) is 4.39 Å². The van der Waals surface area contributed by atoms with Gasteiger partial charge in [-0.1, -0.05) is 26.8 Å². The molecule has 1 saturated heterocycles. The van der Waals surface area contributed by atoms with Crippen LogP contribution in [-0.4, -0.2) is 26.6 Å². The van der Waals surface area contributed by atoms with Gasteiger partial charge in [0, 0.05) is 35.4 Å². The van der Waals surface area contributed by atoms with Crippen LogP contribution < -0.4 is 5.32 Å². The molecule has 0 atom stereocenters. The van der Waals surface area contributed by atoms with Crippen molar-refractivity contribution in [3.05, 3.63) is 47.9 Å². The molecule has 35 heavy (non-hydrogen) atoms. The molecule has 1 aliphatic rings. The van der Waals surface area contributed by atoms with Crippen molar-refractivity contribution in [2.45, 2.75) is 93.2 Å². The normalized spacial score (nSPS) is 16.6. The van der Waals surface area contributed by atoms with Gasteiger partial charge in [0.15, 0.2) is 5.82 Å². The second kappa shape index (κ2) is 11.5. The highest BCUT2D eigenvalue weighted by Crippen LogP contribution is 2.32. The quantitative estimate of drug-likeness (QED) is 0.374. The predicted octanol–water partition coefficient (Wildman–Crippen LogP) is 8.39. The van der Waals surface area contributed by atoms with Gasteiger partial charge in [0.25, 0.3) is 0 Å². The summed E-state index contributed by atoms with van der Waals surface area (Å²) >= 11 is 0. The topological polar surface area (TPSA) is 42.2 Å². The molecule has 1 N–H and O–H groups in total. The molecule has 0 saturated carbocycles. The van der Waals surface area contributed by atoms with Gasteiger partial charge < -0.3 is 5.32 Å². The van der Waals surface area contributed by atoms with Crippen LogP contribution in [0.2, 0.25) is 0 Å². The highest BCUT2D eigenvalue weighted by molar-refractivity contribution is 5.86. The molecule has 0 spiro atoms. The minimum atomic E-state index is -0.294. The third kappa shape index (κ3) is 7.99. The van der Waals surface area contributed by atoms with Crippen LogP contribution in [-0.2, 0) is 7.05 Å². The first-order valence-corrected chi connectivity index (χ1v) is 12.8. The average molecular weight is 481 g/mol. The zero-order valence-electron chi connectivity index (χ0n) is 23.7. The number of aromatic nitrogens is 2. The molecule has 0 radical (unpaired) electrons. The van der Waals surface area contributed by atoms with Crippen molar-refractivity contribution in [3.63, 3.8) is 0 Å². The zero-order chi connectivity index (χ0) is 26.6. The molecule has 4 rings (SSSR count).